The maximum atomic E-state index is 12.6. The zero-order valence-corrected chi connectivity index (χ0v) is 15.8. The fourth-order valence-corrected chi connectivity index (χ4v) is 4.58. The molecule has 1 saturated heterocycles. The third-order valence-corrected chi connectivity index (χ3v) is 6.75. The molecule has 8 heteroatoms. The Morgan fingerprint density at radius 2 is 2.08 bits per heavy atom. The van der Waals surface area contributed by atoms with Crippen molar-refractivity contribution >= 4 is 15.9 Å². The summed E-state index contributed by atoms with van der Waals surface area (Å²) in [7, 11) is -1.77. The molecule has 1 aromatic carbocycles. The van der Waals surface area contributed by atoms with Crippen LogP contribution in [0.5, 0.6) is 0 Å². The van der Waals surface area contributed by atoms with Crippen molar-refractivity contribution in [1.29, 1.82) is 0 Å². The molecular formula is C18H23N3O4S. The fraction of sp³-hybridized carbons (Fsp3) is 0.444. The van der Waals surface area contributed by atoms with Crippen LogP contribution in [0.4, 0.5) is 0 Å². The van der Waals surface area contributed by atoms with E-state index in [9.17, 15) is 13.2 Å². The van der Waals surface area contributed by atoms with Gasteiger partial charge < -0.3 is 9.84 Å². The number of nitrogens with zero attached hydrogens (tertiary/aromatic N) is 2. The molecule has 0 bridgehead atoms. The molecule has 1 atom stereocenters. The predicted octanol–water partition coefficient (Wildman–Crippen LogP) is 1.67. The number of amides is 1. The van der Waals surface area contributed by atoms with Crippen molar-refractivity contribution in [2.24, 2.45) is 5.41 Å². The summed E-state index contributed by atoms with van der Waals surface area (Å²) < 4.78 is 31.2. The summed E-state index contributed by atoms with van der Waals surface area (Å²) in [6.45, 7) is 2.10. The summed E-state index contributed by atoms with van der Waals surface area (Å²) in [4.78, 5) is 12.6. The van der Waals surface area contributed by atoms with Gasteiger partial charge in [-0.3, -0.25) is 4.79 Å². The number of carbonyl (C=O) groups excluding carboxylic acids is 1. The van der Waals surface area contributed by atoms with E-state index in [1.807, 2.05) is 36.4 Å². The van der Waals surface area contributed by atoms with Gasteiger partial charge in [-0.15, -0.1) is 0 Å². The highest BCUT2D eigenvalue weighted by atomic mass is 32.2. The third-order valence-electron chi connectivity index (χ3n) is 4.93. The van der Waals surface area contributed by atoms with Crippen molar-refractivity contribution in [2.75, 3.05) is 25.9 Å². The van der Waals surface area contributed by atoms with Crippen LogP contribution in [0, 0.1) is 5.41 Å². The van der Waals surface area contributed by atoms with Crippen LogP contribution in [0.2, 0.25) is 0 Å². The minimum absolute atomic E-state index is 0.0251. The first kappa shape index (κ1) is 18.6. The van der Waals surface area contributed by atoms with Gasteiger partial charge in [-0.1, -0.05) is 35.5 Å². The topological polar surface area (TPSA) is 92.5 Å². The van der Waals surface area contributed by atoms with Gasteiger partial charge in [-0.25, -0.2) is 12.7 Å². The van der Waals surface area contributed by atoms with Gasteiger partial charge in [0.1, 0.15) is 11.5 Å². The van der Waals surface area contributed by atoms with Gasteiger partial charge in [-0.2, -0.15) is 0 Å². The third kappa shape index (κ3) is 3.52. The van der Waals surface area contributed by atoms with Gasteiger partial charge in [0.25, 0.3) is 0 Å². The average molecular weight is 377 g/mol. The monoisotopic (exact) mass is 377 g/mol. The molecule has 1 fully saturated rings. The van der Waals surface area contributed by atoms with E-state index in [2.05, 4.69) is 10.5 Å². The Morgan fingerprint density at radius 1 is 1.35 bits per heavy atom. The highest BCUT2D eigenvalue weighted by Gasteiger charge is 2.47. The molecule has 0 aliphatic carbocycles. The highest BCUT2D eigenvalue weighted by molar-refractivity contribution is 7.89. The number of benzene rings is 1. The summed E-state index contributed by atoms with van der Waals surface area (Å²) in [5.74, 6) is 0.421. The Kier molecular flexibility index (Phi) is 5.15. The van der Waals surface area contributed by atoms with E-state index in [0.717, 1.165) is 5.56 Å². The molecule has 0 saturated carbocycles. The number of hydrogen-bond acceptors (Lipinski definition) is 5. The SMILES string of the molecule is CCS(=O)(=O)N1CC[C@](Cc2cc(-c3ccccc3)no2)(C(=O)NC)C1. The van der Waals surface area contributed by atoms with Crippen LogP contribution in [-0.2, 0) is 21.2 Å². The first-order chi connectivity index (χ1) is 12.4. The van der Waals surface area contributed by atoms with Crippen LogP contribution in [0.15, 0.2) is 40.9 Å². The minimum Gasteiger partial charge on any atom is -0.361 e. The summed E-state index contributed by atoms with van der Waals surface area (Å²) in [6.07, 6.45) is 0.759. The first-order valence-corrected chi connectivity index (χ1v) is 10.2. The van der Waals surface area contributed by atoms with Crippen molar-refractivity contribution in [3.05, 3.63) is 42.2 Å². The molecule has 2 aromatic rings. The summed E-state index contributed by atoms with van der Waals surface area (Å²) in [5, 5.41) is 6.76. The van der Waals surface area contributed by atoms with Crippen molar-refractivity contribution < 1.29 is 17.7 Å². The minimum atomic E-state index is -3.33. The molecule has 140 valence electrons. The van der Waals surface area contributed by atoms with E-state index in [4.69, 9.17) is 4.52 Å². The predicted molar refractivity (Wildman–Crippen MR) is 97.8 cm³/mol. The standard InChI is InChI=1S/C18H23N3O4S/c1-3-26(23,24)21-10-9-18(13-21,17(22)19-2)12-15-11-16(20-25-15)14-7-5-4-6-8-14/h4-8,11H,3,9-10,12-13H2,1-2H3,(H,19,22)/t18-/m1/s1. The lowest BCUT2D eigenvalue weighted by molar-refractivity contribution is -0.129. The highest BCUT2D eigenvalue weighted by Crippen LogP contribution is 2.36. The molecule has 0 unspecified atom stereocenters. The molecule has 0 radical (unpaired) electrons. The van der Waals surface area contributed by atoms with E-state index >= 15 is 0 Å². The normalized spacial score (nSPS) is 21.0. The Hall–Kier alpha value is -2.19. The van der Waals surface area contributed by atoms with Crippen LogP contribution in [0.25, 0.3) is 11.3 Å². The molecule has 1 amide bonds. The van der Waals surface area contributed by atoms with Crippen molar-refractivity contribution in [3.8, 4) is 11.3 Å². The van der Waals surface area contributed by atoms with Crippen LogP contribution in [0.1, 0.15) is 19.1 Å². The lowest BCUT2D eigenvalue weighted by Crippen LogP contribution is -2.44. The molecular weight excluding hydrogens is 354 g/mol. The van der Waals surface area contributed by atoms with E-state index in [1.54, 1.807) is 14.0 Å². The number of hydrogen-bond donors (Lipinski definition) is 1. The van der Waals surface area contributed by atoms with E-state index < -0.39 is 15.4 Å². The van der Waals surface area contributed by atoms with E-state index in [-0.39, 0.29) is 18.2 Å². The molecule has 1 aliphatic heterocycles. The largest absolute Gasteiger partial charge is 0.361 e. The quantitative estimate of drug-likeness (QED) is 0.827. The molecule has 0 spiro atoms. The smallest absolute Gasteiger partial charge is 0.227 e. The van der Waals surface area contributed by atoms with Crippen molar-refractivity contribution in [2.45, 2.75) is 19.8 Å². The van der Waals surface area contributed by atoms with Gasteiger partial charge in [0, 0.05) is 38.2 Å². The molecule has 3 rings (SSSR count). The lowest BCUT2D eigenvalue weighted by Gasteiger charge is -2.26. The number of aromatic nitrogens is 1. The Balaban J connectivity index is 1.85. The summed E-state index contributed by atoms with van der Waals surface area (Å²) in [6, 6.07) is 11.4. The molecule has 1 aliphatic rings. The second-order valence-electron chi connectivity index (χ2n) is 6.56. The van der Waals surface area contributed by atoms with E-state index in [0.29, 0.717) is 30.8 Å². The molecule has 7 nitrogen and oxygen atoms in total. The second-order valence-corrected chi connectivity index (χ2v) is 8.82. The maximum Gasteiger partial charge on any atom is 0.227 e. The van der Waals surface area contributed by atoms with Crippen LogP contribution < -0.4 is 5.32 Å². The Morgan fingerprint density at radius 3 is 2.73 bits per heavy atom. The molecule has 26 heavy (non-hydrogen) atoms. The first-order valence-electron chi connectivity index (χ1n) is 8.61. The Labute approximate surface area is 153 Å². The zero-order valence-electron chi connectivity index (χ0n) is 14.9. The number of nitrogens with one attached hydrogen (secondary N) is 1. The van der Waals surface area contributed by atoms with Gasteiger partial charge >= 0.3 is 0 Å². The summed E-state index contributed by atoms with van der Waals surface area (Å²) in [5.41, 5.74) is 0.784. The zero-order chi connectivity index (χ0) is 18.8. The molecule has 1 aromatic heterocycles. The van der Waals surface area contributed by atoms with Gasteiger partial charge in [0.05, 0.1) is 11.2 Å². The van der Waals surface area contributed by atoms with Gasteiger partial charge in [0.15, 0.2) is 0 Å². The summed E-state index contributed by atoms with van der Waals surface area (Å²) >= 11 is 0. The van der Waals surface area contributed by atoms with E-state index in [1.165, 1.54) is 4.31 Å². The number of rotatable bonds is 6. The van der Waals surface area contributed by atoms with Crippen molar-refractivity contribution in [1.82, 2.24) is 14.8 Å². The fourth-order valence-electron chi connectivity index (χ4n) is 3.40. The van der Waals surface area contributed by atoms with Crippen LogP contribution in [0.3, 0.4) is 0 Å². The molecule has 1 N–H and O–H groups in total. The van der Waals surface area contributed by atoms with Crippen molar-refractivity contribution in [3.63, 3.8) is 0 Å². The van der Waals surface area contributed by atoms with Gasteiger partial charge in [-0.05, 0) is 13.3 Å². The Bertz CT molecular complexity index is 879. The average Bonchev–Trinajstić information content (AvgIpc) is 3.30. The lowest BCUT2D eigenvalue weighted by atomic mass is 9.81. The maximum absolute atomic E-state index is 12.6. The molecule has 2 heterocycles. The number of carbonyl (C=O) groups is 1. The van der Waals surface area contributed by atoms with Crippen LogP contribution in [-0.4, -0.2) is 49.7 Å². The second kappa shape index (κ2) is 7.20. The van der Waals surface area contributed by atoms with Crippen LogP contribution >= 0.6 is 0 Å². The van der Waals surface area contributed by atoms with Gasteiger partial charge in [0.2, 0.25) is 15.9 Å². The number of sulfonamides is 1.